The molecule has 0 N–H and O–H groups in total. The van der Waals surface area contributed by atoms with E-state index in [-0.39, 0.29) is 19.0 Å². The van der Waals surface area contributed by atoms with E-state index in [1.807, 2.05) is 37.3 Å². The van der Waals surface area contributed by atoms with Gasteiger partial charge in [0, 0.05) is 39.3 Å². The molecule has 0 spiro atoms. The summed E-state index contributed by atoms with van der Waals surface area (Å²) in [4.78, 5) is 48.5. The van der Waals surface area contributed by atoms with Crippen molar-refractivity contribution in [2.45, 2.75) is 78.2 Å². The second-order valence-electron chi connectivity index (χ2n) is 9.75. The molecule has 1 fully saturated rings. The molecule has 3 unspecified atom stereocenters. The maximum atomic E-state index is 12.4. The predicted molar refractivity (Wildman–Crippen MR) is 151 cm³/mol. The third kappa shape index (κ3) is 8.38. The fraction of sp³-hybridized carbons (Fsp3) is 0.484. The standard InChI is InChI=1S/C31H38O12/c1-8-22-23(39-15-21-12-10-9-11-13-21)14-24(36-6)26(27(22)37-7)29-31(42-20(5)35)30(41-19(4)34)28(40-18(3)33)25(43-29)16-38-17(2)32/h9-14,25,28-31H,8,15-16H2,1-7H3/t25?,28-,29+,30?,31?/m1/s1. The van der Waals surface area contributed by atoms with Gasteiger partial charge < -0.3 is 37.9 Å². The SMILES string of the molecule is CCc1c(OCc2ccccc2)cc(OC)c([C@@H]2OC(COC(C)=O)[C@@H](OC(C)=O)C(OC(C)=O)C2OC(C)=O)c1OC. The van der Waals surface area contributed by atoms with Crippen molar-refractivity contribution in [3.8, 4) is 17.2 Å². The van der Waals surface area contributed by atoms with Crippen molar-refractivity contribution in [2.75, 3.05) is 20.8 Å². The van der Waals surface area contributed by atoms with Gasteiger partial charge in [0.2, 0.25) is 0 Å². The molecule has 234 valence electrons. The predicted octanol–water partition coefficient (Wildman–Crippen LogP) is 3.64. The van der Waals surface area contributed by atoms with Gasteiger partial charge >= 0.3 is 23.9 Å². The number of carbonyl (C=O) groups is 4. The van der Waals surface area contributed by atoms with Crippen LogP contribution in [0.4, 0.5) is 0 Å². The molecule has 0 radical (unpaired) electrons. The lowest BCUT2D eigenvalue weighted by Crippen LogP contribution is -2.59. The van der Waals surface area contributed by atoms with Crippen LogP contribution >= 0.6 is 0 Å². The van der Waals surface area contributed by atoms with Gasteiger partial charge in [-0.15, -0.1) is 0 Å². The Kier molecular flexibility index (Phi) is 11.8. The molecule has 1 aliphatic heterocycles. The number of ether oxygens (including phenoxy) is 8. The molecule has 0 saturated carbocycles. The van der Waals surface area contributed by atoms with Crippen LogP contribution < -0.4 is 14.2 Å². The van der Waals surface area contributed by atoms with Crippen molar-refractivity contribution in [2.24, 2.45) is 0 Å². The zero-order chi connectivity index (χ0) is 31.7. The molecule has 0 amide bonds. The number of hydrogen-bond acceptors (Lipinski definition) is 12. The molecule has 2 aromatic carbocycles. The first-order valence-corrected chi connectivity index (χ1v) is 13.8. The summed E-state index contributed by atoms with van der Waals surface area (Å²) in [6.07, 6.45) is -5.84. The van der Waals surface area contributed by atoms with Crippen LogP contribution in [-0.2, 0) is 55.9 Å². The molecule has 0 aromatic heterocycles. The molecule has 5 atom stereocenters. The molecule has 12 nitrogen and oxygen atoms in total. The maximum absolute atomic E-state index is 12.4. The average molecular weight is 603 g/mol. The van der Waals surface area contributed by atoms with Crippen molar-refractivity contribution >= 4 is 23.9 Å². The molecule has 3 rings (SSSR count). The van der Waals surface area contributed by atoms with Crippen molar-refractivity contribution in [1.82, 2.24) is 0 Å². The third-order valence-corrected chi connectivity index (χ3v) is 6.63. The number of methoxy groups -OCH3 is 2. The van der Waals surface area contributed by atoms with E-state index < -0.39 is 54.4 Å². The van der Waals surface area contributed by atoms with Crippen molar-refractivity contribution < 1.29 is 57.1 Å². The summed E-state index contributed by atoms with van der Waals surface area (Å²) in [5, 5.41) is 0. The Morgan fingerprint density at radius 1 is 0.767 bits per heavy atom. The van der Waals surface area contributed by atoms with Crippen LogP contribution in [0.5, 0.6) is 17.2 Å². The van der Waals surface area contributed by atoms with E-state index >= 15 is 0 Å². The molecule has 0 aliphatic carbocycles. The van der Waals surface area contributed by atoms with Gasteiger partial charge in [0.25, 0.3) is 0 Å². The van der Waals surface area contributed by atoms with Gasteiger partial charge in [0.05, 0.1) is 19.8 Å². The van der Waals surface area contributed by atoms with Gasteiger partial charge in [-0.1, -0.05) is 37.3 Å². The fourth-order valence-electron chi connectivity index (χ4n) is 5.00. The van der Waals surface area contributed by atoms with Gasteiger partial charge in [0.1, 0.15) is 42.7 Å². The Bertz CT molecular complexity index is 1290. The van der Waals surface area contributed by atoms with E-state index in [2.05, 4.69) is 0 Å². The molecule has 1 heterocycles. The van der Waals surface area contributed by atoms with E-state index in [0.29, 0.717) is 29.0 Å². The van der Waals surface area contributed by atoms with Gasteiger partial charge in [-0.2, -0.15) is 0 Å². The number of hydrogen-bond donors (Lipinski definition) is 0. The normalized spacial score (nSPS) is 21.2. The van der Waals surface area contributed by atoms with Gasteiger partial charge in [0.15, 0.2) is 18.3 Å². The highest BCUT2D eigenvalue weighted by atomic mass is 16.7. The van der Waals surface area contributed by atoms with Gasteiger partial charge in [-0.25, -0.2) is 0 Å². The minimum absolute atomic E-state index is 0.262. The van der Waals surface area contributed by atoms with Crippen LogP contribution in [0.15, 0.2) is 36.4 Å². The Labute approximate surface area is 250 Å². The lowest BCUT2D eigenvalue weighted by molar-refractivity contribution is -0.254. The Morgan fingerprint density at radius 3 is 1.91 bits per heavy atom. The highest BCUT2D eigenvalue weighted by Crippen LogP contribution is 2.49. The van der Waals surface area contributed by atoms with Crippen LogP contribution in [0.1, 0.15) is 57.4 Å². The quantitative estimate of drug-likeness (QED) is 0.259. The molecular formula is C31H38O12. The summed E-state index contributed by atoms with van der Waals surface area (Å²) in [6, 6.07) is 11.3. The summed E-state index contributed by atoms with van der Waals surface area (Å²) < 4.78 is 46.2. The van der Waals surface area contributed by atoms with E-state index in [4.69, 9.17) is 37.9 Å². The third-order valence-electron chi connectivity index (χ3n) is 6.63. The van der Waals surface area contributed by atoms with E-state index in [0.717, 1.165) is 19.4 Å². The second kappa shape index (κ2) is 15.2. The summed E-state index contributed by atoms with van der Waals surface area (Å²) >= 11 is 0. The largest absolute Gasteiger partial charge is 0.496 e. The number of esters is 4. The monoisotopic (exact) mass is 602 g/mol. The topological polar surface area (TPSA) is 142 Å². The minimum atomic E-state index is -1.35. The van der Waals surface area contributed by atoms with Crippen LogP contribution in [0.25, 0.3) is 0 Å². The van der Waals surface area contributed by atoms with Crippen LogP contribution in [-0.4, -0.2) is 69.1 Å². The Balaban J connectivity index is 2.21. The molecule has 2 aromatic rings. The van der Waals surface area contributed by atoms with Crippen LogP contribution in [0.2, 0.25) is 0 Å². The summed E-state index contributed by atoms with van der Waals surface area (Å²) in [6.45, 7) is 6.54. The molecule has 0 bridgehead atoms. The number of rotatable bonds is 12. The van der Waals surface area contributed by atoms with Crippen molar-refractivity contribution in [3.05, 3.63) is 53.1 Å². The minimum Gasteiger partial charge on any atom is -0.496 e. The van der Waals surface area contributed by atoms with Crippen molar-refractivity contribution in [1.29, 1.82) is 0 Å². The summed E-state index contributed by atoms with van der Waals surface area (Å²) in [5.41, 5.74) is 1.94. The maximum Gasteiger partial charge on any atom is 0.303 e. The molecular weight excluding hydrogens is 564 g/mol. The van der Waals surface area contributed by atoms with Gasteiger partial charge in [-0.05, 0) is 12.0 Å². The Morgan fingerprint density at radius 2 is 1.37 bits per heavy atom. The number of benzene rings is 2. The van der Waals surface area contributed by atoms with Crippen LogP contribution in [0.3, 0.4) is 0 Å². The smallest absolute Gasteiger partial charge is 0.303 e. The molecule has 12 heteroatoms. The van der Waals surface area contributed by atoms with Crippen LogP contribution in [0, 0.1) is 0 Å². The Hall–Kier alpha value is -4.32. The van der Waals surface area contributed by atoms with Gasteiger partial charge in [-0.3, -0.25) is 19.2 Å². The highest BCUT2D eigenvalue weighted by Gasteiger charge is 2.54. The molecule has 1 saturated heterocycles. The first-order valence-electron chi connectivity index (χ1n) is 13.8. The van der Waals surface area contributed by atoms with E-state index in [1.165, 1.54) is 28.1 Å². The lowest BCUT2D eigenvalue weighted by Gasteiger charge is -2.45. The molecule has 43 heavy (non-hydrogen) atoms. The zero-order valence-corrected chi connectivity index (χ0v) is 25.4. The summed E-state index contributed by atoms with van der Waals surface area (Å²) in [7, 11) is 2.90. The lowest BCUT2D eigenvalue weighted by atomic mass is 9.88. The average Bonchev–Trinajstić information content (AvgIpc) is 2.96. The fourth-order valence-corrected chi connectivity index (χ4v) is 5.00. The first-order chi connectivity index (χ1) is 20.5. The highest BCUT2D eigenvalue weighted by molar-refractivity contribution is 5.69. The zero-order valence-electron chi connectivity index (χ0n) is 25.4. The molecule has 1 aliphatic rings. The number of carbonyl (C=O) groups excluding carboxylic acids is 4. The van der Waals surface area contributed by atoms with Crippen molar-refractivity contribution in [3.63, 3.8) is 0 Å². The van der Waals surface area contributed by atoms with E-state index in [9.17, 15) is 19.2 Å². The first kappa shape index (κ1) is 33.2. The summed E-state index contributed by atoms with van der Waals surface area (Å²) in [5.74, 6) is -1.70. The van der Waals surface area contributed by atoms with E-state index in [1.54, 1.807) is 6.07 Å². The second-order valence-corrected chi connectivity index (χ2v) is 9.75.